The summed E-state index contributed by atoms with van der Waals surface area (Å²) in [5, 5.41) is 0.660. The molecule has 1 nitrogen and oxygen atoms in total. The summed E-state index contributed by atoms with van der Waals surface area (Å²) in [5.74, 6) is 0.786. The molecule has 0 aliphatic rings. The molecule has 0 unspecified atom stereocenters. The molecular weight excluding hydrogens is 172 g/mol. The number of hydrogen-bond donors (Lipinski definition) is 0. The number of benzene rings is 1. The second-order valence-electron chi connectivity index (χ2n) is 2.38. The van der Waals surface area contributed by atoms with E-state index in [1.54, 1.807) is 12.3 Å². The van der Waals surface area contributed by atoms with E-state index in [0.717, 1.165) is 11.3 Å². The fourth-order valence-electron chi connectivity index (χ4n) is 1.04. The molecule has 0 aliphatic carbocycles. The van der Waals surface area contributed by atoms with Crippen molar-refractivity contribution in [2.75, 3.05) is 0 Å². The van der Waals surface area contributed by atoms with Gasteiger partial charge in [0.2, 0.25) is 0 Å². The molecule has 0 N–H and O–H groups in total. The summed E-state index contributed by atoms with van der Waals surface area (Å²) in [5.41, 5.74) is 0.903. The second kappa shape index (κ2) is 3.03. The van der Waals surface area contributed by atoms with Crippen molar-refractivity contribution >= 4 is 11.6 Å². The fourth-order valence-corrected chi connectivity index (χ4v) is 1.26. The molecule has 0 amide bonds. The lowest BCUT2D eigenvalue weighted by atomic mass is 10.2. The Kier molecular flexibility index (Phi) is 1.88. The van der Waals surface area contributed by atoms with Gasteiger partial charge in [0.15, 0.2) is 0 Å². The molecule has 0 atom stereocenters. The molecule has 0 fully saturated rings. The van der Waals surface area contributed by atoms with E-state index in [-0.39, 0.29) is 0 Å². The molecule has 12 heavy (non-hydrogen) atoms. The van der Waals surface area contributed by atoms with E-state index in [4.69, 9.17) is 16.0 Å². The average molecular weight is 178 g/mol. The highest BCUT2D eigenvalue weighted by atomic mass is 35.5. The average Bonchev–Trinajstić information content (AvgIpc) is 2.57. The summed E-state index contributed by atoms with van der Waals surface area (Å²) < 4.78 is 5.20. The van der Waals surface area contributed by atoms with E-state index in [2.05, 4.69) is 6.07 Å². The SMILES string of the molecule is Clc1c[c]ccc1-c1ccco1. The van der Waals surface area contributed by atoms with Crippen LogP contribution in [0.25, 0.3) is 11.3 Å². The predicted octanol–water partition coefficient (Wildman–Crippen LogP) is 3.40. The third-order valence-electron chi connectivity index (χ3n) is 1.60. The Labute approximate surface area is 75.6 Å². The summed E-state index contributed by atoms with van der Waals surface area (Å²) in [6.45, 7) is 0. The minimum atomic E-state index is 0.660. The topological polar surface area (TPSA) is 13.1 Å². The first-order valence-corrected chi connectivity index (χ1v) is 3.95. The van der Waals surface area contributed by atoms with Crippen LogP contribution in [0.15, 0.2) is 41.0 Å². The summed E-state index contributed by atoms with van der Waals surface area (Å²) >= 11 is 5.92. The lowest BCUT2D eigenvalue weighted by Crippen LogP contribution is -1.73. The van der Waals surface area contributed by atoms with Gasteiger partial charge in [-0.1, -0.05) is 17.7 Å². The molecule has 1 aromatic carbocycles. The lowest BCUT2D eigenvalue weighted by molar-refractivity contribution is 0.582. The van der Waals surface area contributed by atoms with Crippen LogP contribution < -0.4 is 0 Å². The number of hydrogen-bond acceptors (Lipinski definition) is 1. The number of rotatable bonds is 1. The van der Waals surface area contributed by atoms with Crippen molar-refractivity contribution in [2.45, 2.75) is 0 Å². The molecule has 0 bridgehead atoms. The van der Waals surface area contributed by atoms with Crippen LogP contribution in [0.2, 0.25) is 5.02 Å². The van der Waals surface area contributed by atoms with Crippen LogP contribution in [0.1, 0.15) is 0 Å². The first-order chi connectivity index (χ1) is 5.88. The van der Waals surface area contributed by atoms with Crippen LogP contribution in [-0.4, -0.2) is 0 Å². The van der Waals surface area contributed by atoms with Gasteiger partial charge in [0, 0.05) is 5.56 Å². The normalized spacial score (nSPS) is 10.1. The Bertz CT molecular complexity index is 365. The van der Waals surface area contributed by atoms with Crippen LogP contribution in [0.4, 0.5) is 0 Å². The van der Waals surface area contributed by atoms with Gasteiger partial charge < -0.3 is 4.42 Å². The molecule has 0 saturated carbocycles. The lowest BCUT2D eigenvalue weighted by Gasteiger charge is -1.97. The van der Waals surface area contributed by atoms with Gasteiger partial charge in [-0.2, -0.15) is 0 Å². The van der Waals surface area contributed by atoms with Crippen LogP contribution in [0.5, 0.6) is 0 Å². The molecule has 2 aromatic rings. The first-order valence-electron chi connectivity index (χ1n) is 3.57. The molecule has 0 spiro atoms. The minimum Gasteiger partial charge on any atom is -0.464 e. The molecule has 0 saturated heterocycles. The van der Waals surface area contributed by atoms with E-state index >= 15 is 0 Å². The summed E-state index contributed by atoms with van der Waals surface area (Å²) in [6.07, 6.45) is 1.63. The molecule has 59 valence electrons. The Morgan fingerprint density at radius 1 is 1.33 bits per heavy atom. The standard InChI is InChI=1S/C10H6ClO/c11-9-5-2-1-4-8(9)10-6-3-7-12-10/h1,3-7H. The molecule has 1 radical (unpaired) electrons. The van der Waals surface area contributed by atoms with Gasteiger partial charge in [-0.15, -0.1) is 0 Å². The van der Waals surface area contributed by atoms with Crippen LogP contribution in [0, 0.1) is 6.07 Å². The Balaban J connectivity index is 2.55. The maximum Gasteiger partial charge on any atom is 0.135 e. The third kappa shape index (κ3) is 1.23. The highest BCUT2D eigenvalue weighted by Gasteiger charge is 2.03. The first kappa shape index (κ1) is 7.44. The predicted molar refractivity (Wildman–Crippen MR) is 48.0 cm³/mol. The van der Waals surface area contributed by atoms with Crippen molar-refractivity contribution < 1.29 is 4.42 Å². The van der Waals surface area contributed by atoms with Gasteiger partial charge in [-0.25, -0.2) is 0 Å². The third-order valence-corrected chi connectivity index (χ3v) is 1.91. The van der Waals surface area contributed by atoms with Gasteiger partial charge in [0.05, 0.1) is 11.3 Å². The summed E-state index contributed by atoms with van der Waals surface area (Å²) in [4.78, 5) is 0. The quantitative estimate of drug-likeness (QED) is 0.651. The van der Waals surface area contributed by atoms with Gasteiger partial charge in [0.1, 0.15) is 5.76 Å². The monoisotopic (exact) mass is 177 g/mol. The summed E-state index contributed by atoms with van der Waals surface area (Å²) in [6, 6.07) is 12.0. The van der Waals surface area contributed by atoms with E-state index in [1.807, 2.05) is 24.3 Å². The Morgan fingerprint density at radius 2 is 2.25 bits per heavy atom. The molecular formula is C10H6ClO. The van der Waals surface area contributed by atoms with Gasteiger partial charge >= 0.3 is 0 Å². The van der Waals surface area contributed by atoms with Crippen molar-refractivity contribution in [2.24, 2.45) is 0 Å². The molecule has 1 aromatic heterocycles. The minimum absolute atomic E-state index is 0.660. The second-order valence-corrected chi connectivity index (χ2v) is 2.79. The molecule has 1 heterocycles. The fraction of sp³-hybridized carbons (Fsp3) is 0. The molecule has 2 heteroatoms. The van der Waals surface area contributed by atoms with Crippen molar-refractivity contribution in [1.82, 2.24) is 0 Å². The Morgan fingerprint density at radius 3 is 2.92 bits per heavy atom. The molecule has 2 rings (SSSR count). The van der Waals surface area contributed by atoms with E-state index in [1.165, 1.54) is 0 Å². The summed E-state index contributed by atoms with van der Waals surface area (Å²) in [7, 11) is 0. The zero-order valence-corrected chi connectivity index (χ0v) is 7.01. The van der Waals surface area contributed by atoms with Crippen molar-refractivity contribution in [3.8, 4) is 11.3 Å². The smallest absolute Gasteiger partial charge is 0.135 e. The number of furan rings is 1. The maximum absolute atomic E-state index is 5.92. The van der Waals surface area contributed by atoms with Gasteiger partial charge in [-0.3, -0.25) is 0 Å². The van der Waals surface area contributed by atoms with E-state index < -0.39 is 0 Å². The zero-order valence-electron chi connectivity index (χ0n) is 6.25. The number of halogens is 1. The van der Waals surface area contributed by atoms with Crippen LogP contribution in [0.3, 0.4) is 0 Å². The highest BCUT2D eigenvalue weighted by molar-refractivity contribution is 6.33. The maximum atomic E-state index is 5.92. The van der Waals surface area contributed by atoms with Crippen molar-refractivity contribution in [1.29, 1.82) is 0 Å². The molecule has 0 aliphatic heterocycles. The van der Waals surface area contributed by atoms with Gasteiger partial charge in [0.25, 0.3) is 0 Å². The van der Waals surface area contributed by atoms with Crippen molar-refractivity contribution in [3.05, 3.63) is 47.7 Å². The highest BCUT2D eigenvalue weighted by Crippen LogP contribution is 2.26. The van der Waals surface area contributed by atoms with Crippen molar-refractivity contribution in [3.63, 3.8) is 0 Å². The Hall–Kier alpha value is -1.21. The van der Waals surface area contributed by atoms with Gasteiger partial charge in [-0.05, 0) is 30.3 Å². The zero-order chi connectivity index (χ0) is 8.39. The van der Waals surface area contributed by atoms with E-state index in [9.17, 15) is 0 Å². The largest absolute Gasteiger partial charge is 0.464 e. The van der Waals surface area contributed by atoms with Crippen LogP contribution in [-0.2, 0) is 0 Å². The van der Waals surface area contributed by atoms with E-state index in [0.29, 0.717) is 5.02 Å². The van der Waals surface area contributed by atoms with Crippen LogP contribution >= 0.6 is 11.6 Å².